The first-order valence-corrected chi connectivity index (χ1v) is 9.44. The average Bonchev–Trinajstić information content (AvgIpc) is 2.91. The molecule has 0 saturated heterocycles. The van der Waals surface area contributed by atoms with Gasteiger partial charge in [-0.1, -0.05) is 11.2 Å². The minimum Gasteiger partial charge on any atom is -0.489 e. The predicted molar refractivity (Wildman–Crippen MR) is 96.5 cm³/mol. The summed E-state index contributed by atoms with van der Waals surface area (Å²) in [7, 11) is -3.71. The van der Waals surface area contributed by atoms with E-state index in [1.165, 1.54) is 12.1 Å². The molecular formula is C18H19N3O4S. The second-order valence-electron chi connectivity index (χ2n) is 5.83. The number of nitrogens with one attached hydrogen (secondary N) is 1. The number of pyridine rings is 1. The number of rotatable bonds is 6. The van der Waals surface area contributed by atoms with E-state index in [-0.39, 0.29) is 10.7 Å². The van der Waals surface area contributed by atoms with E-state index in [1.54, 1.807) is 37.3 Å². The fraction of sp³-hybridized carbons (Fsp3) is 0.222. The van der Waals surface area contributed by atoms with Crippen LogP contribution >= 0.6 is 0 Å². The molecule has 0 fully saturated rings. The first-order chi connectivity index (χ1) is 12.3. The Bertz CT molecular complexity index is 992. The molecule has 0 radical (unpaired) electrons. The molecule has 0 unspecified atom stereocenters. The van der Waals surface area contributed by atoms with Crippen molar-refractivity contribution in [2.24, 2.45) is 0 Å². The molecule has 2 heterocycles. The molecule has 0 spiro atoms. The van der Waals surface area contributed by atoms with Gasteiger partial charge in [0.1, 0.15) is 23.9 Å². The van der Waals surface area contributed by atoms with E-state index in [9.17, 15) is 8.42 Å². The van der Waals surface area contributed by atoms with Crippen LogP contribution in [0.5, 0.6) is 5.75 Å². The minimum atomic E-state index is -3.71. The van der Waals surface area contributed by atoms with Crippen molar-refractivity contribution in [1.29, 1.82) is 0 Å². The lowest BCUT2D eigenvalue weighted by atomic mass is 10.2. The van der Waals surface area contributed by atoms with E-state index >= 15 is 0 Å². The molecule has 8 heteroatoms. The van der Waals surface area contributed by atoms with Crippen molar-refractivity contribution < 1.29 is 17.7 Å². The quantitative estimate of drug-likeness (QED) is 0.712. The molecule has 0 amide bonds. The summed E-state index contributed by atoms with van der Waals surface area (Å²) in [6, 6.07) is 11.3. The van der Waals surface area contributed by atoms with Gasteiger partial charge in [-0.3, -0.25) is 4.72 Å². The van der Waals surface area contributed by atoms with E-state index in [0.29, 0.717) is 18.1 Å². The monoisotopic (exact) mass is 373 g/mol. The van der Waals surface area contributed by atoms with Gasteiger partial charge in [-0.05, 0) is 57.2 Å². The minimum absolute atomic E-state index is 0.130. The Balaban J connectivity index is 1.70. The fourth-order valence-electron chi connectivity index (χ4n) is 2.37. The van der Waals surface area contributed by atoms with Gasteiger partial charge in [0.25, 0.3) is 10.0 Å². The van der Waals surface area contributed by atoms with Crippen molar-refractivity contribution in [3.05, 3.63) is 65.2 Å². The zero-order chi connectivity index (χ0) is 18.7. The van der Waals surface area contributed by atoms with Crippen LogP contribution in [0.2, 0.25) is 0 Å². The van der Waals surface area contributed by atoms with Crippen LogP contribution in [0.3, 0.4) is 0 Å². The van der Waals surface area contributed by atoms with E-state index < -0.39 is 10.0 Å². The third kappa shape index (κ3) is 4.02. The lowest BCUT2D eigenvalue weighted by Gasteiger charge is -2.09. The standard InChI is InChI=1S/C18H19N3O4S/c1-12-5-4-6-18(19-12)21-26(22,23)16-9-7-15(8-10-16)24-11-17-13(2)20-25-14(17)3/h4-10H,11H2,1-3H3,(H,19,21). The van der Waals surface area contributed by atoms with E-state index in [0.717, 1.165) is 17.0 Å². The Hall–Kier alpha value is -2.87. The summed E-state index contributed by atoms with van der Waals surface area (Å²) in [5.41, 5.74) is 2.39. The number of aryl methyl sites for hydroxylation is 3. The van der Waals surface area contributed by atoms with Crippen LogP contribution in [0, 0.1) is 20.8 Å². The summed E-state index contributed by atoms with van der Waals surface area (Å²) in [5, 5.41) is 3.87. The lowest BCUT2D eigenvalue weighted by molar-refractivity contribution is 0.301. The van der Waals surface area contributed by atoms with Gasteiger partial charge in [0.2, 0.25) is 0 Å². The number of sulfonamides is 1. The highest BCUT2D eigenvalue weighted by Crippen LogP contribution is 2.21. The maximum absolute atomic E-state index is 12.4. The third-order valence-corrected chi connectivity index (χ3v) is 5.20. The van der Waals surface area contributed by atoms with Crippen molar-refractivity contribution in [2.75, 3.05) is 4.72 Å². The van der Waals surface area contributed by atoms with E-state index in [2.05, 4.69) is 14.9 Å². The average molecular weight is 373 g/mol. The van der Waals surface area contributed by atoms with Gasteiger partial charge < -0.3 is 9.26 Å². The summed E-state index contributed by atoms with van der Waals surface area (Å²) in [6.45, 7) is 5.76. The number of nitrogens with zero attached hydrogens (tertiary/aromatic N) is 2. The predicted octanol–water partition coefficient (Wildman–Crippen LogP) is 3.37. The summed E-state index contributed by atoms with van der Waals surface area (Å²) in [6.07, 6.45) is 0. The number of aromatic nitrogens is 2. The zero-order valence-electron chi connectivity index (χ0n) is 14.7. The molecular weight excluding hydrogens is 354 g/mol. The molecule has 0 saturated carbocycles. The third-order valence-electron chi connectivity index (χ3n) is 3.83. The van der Waals surface area contributed by atoms with Crippen molar-refractivity contribution in [2.45, 2.75) is 32.3 Å². The van der Waals surface area contributed by atoms with Gasteiger partial charge in [0, 0.05) is 5.69 Å². The van der Waals surface area contributed by atoms with Crippen LogP contribution < -0.4 is 9.46 Å². The van der Waals surface area contributed by atoms with Gasteiger partial charge >= 0.3 is 0 Å². The van der Waals surface area contributed by atoms with Gasteiger partial charge in [-0.15, -0.1) is 0 Å². The number of ether oxygens (including phenoxy) is 1. The van der Waals surface area contributed by atoms with Gasteiger partial charge in [-0.25, -0.2) is 13.4 Å². The molecule has 136 valence electrons. The van der Waals surface area contributed by atoms with Crippen molar-refractivity contribution in [3.8, 4) is 5.75 Å². The molecule has 3 rings (SSSR count). The summed E-state index contributed by atoms with van der Waals surface area (Å²) < 4.78 is 38.1. The molecule has 3 aromatic rings. The summed E-state index contributed by atoms with van der Waals surface area (Å²) in [4.78, 5) is 4.28. The number of hydrogen-bond donors (Lipinski definition) is 1. The highest BCUT2D eigenvalue weighted by Gasteiger charge is 2.15. The molecule has 0 aliphatic carbocycles. The first kappa shape index (κ1) is 17.9. The second-order valence-corrected chi connectivity index (χ2v) is 7.51. The Labute approximate surface area is 152 Å². The maximum atomic E-state index is 12.4. The molecule has 7 nitrogen and oxygen atoms in total. The number of benzene rings is 1. The van der Waals surface area contributed by atoms with E-state index in [1.807, 2.05) is 13.8 Å². The van der Waals surface area contributed by atoms with Crippen LogP contribution in [-0.4, -0.2) is 18.6 Å². The molecule has 0 bridgehead atoms. The van der Waals surface area contributed by atoms with E-state index in [4.69, 9.17) is 9.26 Å². The normalized spacial score (nSPS) is 11.3. The molecule has 0 atom stereocenters. The van der Waals surface area contributed by atoms with Crippen LogP contribution in [0.4, 0.5) is 5.82 Å². The summed E-state index contributed by atoms with van der Waals surface area (Å²) >= 11 is 0. The van der Waals surface area contributed by atoms with Crippen LogP contribution in [0.1, 0.15) is 22.7 Å². The molecule has 1 N–H and O–H groups in total. The summed E-state index contributed by atoms with van der Waals surface area (Å²) in [5.74, 6) is 1.54. The van der Waals surface area contributed by atoms with Crippen LogP contribution in [0.15, 0.2) is 51.9 Å². The molecule has 26 heavy (non-hydrogen) atoms. The van der Waals surface area contributed by atoms with Gasteiger partial charge in [-0.2, -0.15) is 0 Å². The molecule has 2 aromatic heterocycles. The lowest BCUT2D eigenvalue weighted by Crippen LogP contribution is -2.14. The molecule has 0 aliphatic heterocycles. The maximum Gasteiger partial charge on any atom is 0.263 e. The van der Waals surface area contributed by atoms with Crippen molar-refractivity contribution in [1.82, 2.24) is 10.1 Å². The molecule has 1 aromatic carbocycles. The van der Waals surface area contributed by atoms with Crippen LogP contribution in [0.25, 0.3) is 0 Å². The highest BCUT2D eigenvalue weighted by molar-refractivity contribution is 7.92. The topological polar surface area (TPSA) is 94.3 Å². The smallest absolute Gasteiger partial charge is 0.263 e. The fourth-order valence-corrected chi connectivity index (χ4v) is 3.38. The van der Waals surface area contributed by atoms with Crippen LogP contribution in [-0.2, 0) is 16.6 Å². The Kier molecular flexibility index (Phi) is 4.94. The Morgan fingerprint density at radius 1 is 1.08 bits per heavy atom. The number of anilines is 1. The van der Waals surface area contributed by atoms with Gasteiger partial charge in [0.15, 0.2) is 0 Å². The molecule has 0 aliphatic rings. The first-order valence-electron chi connectivity index (χ1n) is 7.96. The van der Waals surface area contributed by atoms with Gasteiger partial charge in [0.05, 0.1) is 16.2 Å². The Morgan fingerprint density at radius 3 is 2.42 bits per heavy atom. The Morgan fingerprint density at radius 2 is 1.81 bits per heavy atom. The second kappa shape index (κ2) is 7.17. The highest BCUT2D eigenvalue weighted by atomic mass is 32.2. The van der Waals surface area contributed by atoms with Crippen molar-refractivity contribution in [3.63, 3.8) is 0 Å². The van der Waals surface area contributed by atoms with Crippen molar-refractivity contribution >= 4 is 15.8 Å². The number of hydrogen-bond acceptors (Lipinski definition) is 6. The largest absolute Gasteiger partial charge is 0.489 e. The zero-order valence-corrected chi connectivity index (χ0v) is 15.5. The SMILES string of the molecule is Cc1cccc(NS(=O)(=O)c2ccc(OCc3c(C)noc3C)cc2)n1.